The number of hydrazine groups is 1. The summed E-state index contributed by atoms with van der Waals surface area (Å²) in [4.78, 5) is 27.6. The topological polar surface area (TPSA) is 76.0 Å². The Morgan fingerprint density at radius 2 is 1.64 bits per heavy atom. The summed E-state index contributed by atoms with van der Waals surface area (Å²) in [6.07, 6.45) is -4.68. The van der Waals surface area contributed by atoms with E-state index in [9.17, 15) is 22.8 Å². The first-order valence-corrected chi connectivity index (χ1v) is 8.40. The lowest BCUT2D eigenvalue weighted by Gasteiger charge is -2.12. The van der Waals surface area contributed by atoms with Crippen LogP contribution in [0.15, 0.2) is 48.5 Å². The lowest BCUT2D eigenvalue weighted by Crippen LogP contribution is -2.44. The van der Waals surface area contributed by atoms with Crippen LogP contribution in [0, 0.1) is 6.92 Å². The minimum atomic E-state index is -4.71. The molecule has 28 heavy (non-hydrogen) atoms. The van der Waals surface area contributed by atoms with Gasteiger partial charge in [-0.25, -0.2) is 4.98 Å². The van der Waals surface area contributed by atoms with Gasteiger partial charge < -0.3 is 4.57 Å². The Bertz CT molecular complexity index is 1010. The predicted octanol–water partition coefficient (Wildman–Crippen LogP) is 2.75. The van der Waals surface area contributed by atoms with E-state index >= 15 is 0 Å². The van der Waals surface area contributed by atoms with Gasteiger partial charge in [-0.1, -0.05) is 42.0 Å². The first-order valence-electron chi connectivity index (χ1n) is 8.40. The van der Waals surface area contributed by atoms with Gasteiger partial charge in [0.05, 0.1) is 17.5 Å². The maximum absolute atomic E-state index is 13.2. The molecule has 0 aliphatic carbocycles. The smallest absolute Gasteiger partial charge is 0.311 e. The zero-order valence-electron chi connectivity index (χ0n) is 14.9. The van der Waals surface area contributed by atoms with E-state index in [0.29, 0.717) is 0 Å². The number of alkyl halides is 3. The fourth-order valence-electron chi connectivity index (χ4n) is 2.71. The van der Waals surface area contributed by atoms with E-state index in [2.05, 4.69) is 15.8 Å². The number of hydrogen-bond donors (Lipinski definition) is 2. The third-order valence-corrected chi connectivity index (χ3v) is 4.04. The normalized spacial score (nSPS) is 11.4. The van der Waals surface area contributed by atoms with Gasteiger partial charge in [0.25, 0.3) is 5.91 Å². The van der Waals surface area contributed by atoms with Gasteiger partial charge in [-0.3, -0.25) is 20.4 Å². The van der Waals surface area contributed by atoms with Crippen LogP contribution < -0.4 is 10.9 Å². The second-order valence-electron chi connectivity index (χ2n) is 6.27. The summed E-state index contributed by atoms with van der Waals surface area (Å²) in [6, 6.07) is 13.3. The molecule has 1 heterocycles. The average Bonchev–Trinajstić information content (AvgIpc) is 3.01. The van der Waals surface area contributed by atoms with Crippen molar-refractivity contribution in [3.63, 3.8) is 0 Å². The fourth-order valence-corrected chi connectivity index (χ4v) is 2.71. The van der Waals surface area contributed by atoms with E-state index < -0.39 is 30.4 Å². The molecular formula is C19H17F3N4O2. The van der Waals surface area contributed by atoms with Gasteiger partial charge in [-0.2, -0.15) is 13.2 Å². The van der Waals surface area contributed by atoms with Crippen molar-refractivity contribution in [3.05, 3.63) is 65.5 Å². The summed E-state index contributed by atoms with van der Waals surface area (Å²) in [5, 5.41) is 0. The van der Waals surface area contributed by atoms with Crippen LogP contribution in [0.4, 0.5) is 13.2 Å². The average molecular weight is 390 g/mol. The molecule has 0 unspecified atom stereocenters. The standard InChI is InChI=1S/C19H17F3N4O2/c1-12-6-8-13(9-7-12)10-16(27)24-25-17(28)11-26-15-5-3-2-4-14(15)23-18(26)19(20,21)22/h2-9H,10-11H2,1H3,(H,24,27)(H,25,28). The van der Waals surface area contributed by atoms with Gasteiger partial charge in [0.2, 0.25) is 11.7 Å². The van der Waals surface area contributed by atoms with Crippen molar-refractivity contribution in [1.82, 2.24) is 20.4 Å². The van der Waals surface area contributed by atoms with E-state index in [0.717, 1.165) is 15.7 Å². The number of aryl methyl sites for hydroxylation is 1. The molecule has 2 amide bonds. The molecule has 3 aromatic rings. The molecule has 0 fully saturated rings. The Morgan fingerprint density at radius 1 is 1.00 bits per heavy atom. The van der Waals surface area contributed by atoms with E-state index in [-0.39, 0.29) is 17.5 Å². The number of benzene rings is 2. The van der Waals surface area contributed by atoms with E-state index in [4.69, 9.17) is 0 Å². The molecule has 9 heteroatoms. The molecule has 1 aromatic heterocycles. The lowest BCUT2D eigenvalue weighted by atomic mass is 10.1. The van der Waals surface area contributed by atoms with Crippen LogP contribution in [0.2, 0.25) is 0 Å². The van der Waals surface area contributed by atoms with Crippen LogP contribution in [0.1, 0.15) is 17.0 Å². The molecule has 2 aromatic carbocycles. The van der Waals surface area contributed by atoms with Crippen molar-refractivity contribution >= 4 is 22.8 Å². The summed E-state index contributed by atoms with van der Waals surface area (Å²) < 4.78 is 40.5. The largest absolute Gasteiger partial charge is 0.449 e. The highest BCUT2D eigenvalue weighted by Crippen LogP contribution is 2.31. The van der Waals surface area contributed by atoms with Crippen molar-refractivity contribution in [2.45, 2.75) is 26.1 Å². The van der Waals surface area contributed by atoms with Crippen LogP contribution in [0.5, 0.6) is 0 Å². The Balaban J connectivity index is 1.66. The number of halogens is 3. The van der Waals surface area contributed by atoms with E-state index in [1.165, 1.54) is 12.1 Å². The Labute approximate surface area is 158 Å². The molecule has 0 aliphatic rings. The Morgan fingerprint density at radius 3 is 2.32 bits per heavy atom. The van der Waals surface area contributed by atoms with Crippen LogP contribution in [-0.2, 0) is 28.7 Å². The van der Waals surface area contributed by atoms with Crippen molar-refractivity contribution in [2.75, 3.05) is 0 Å². The summed E-state index contributed by atoms with van der Waals surface area (Å²) in [5.41, 5.74) is 6.45. The number of carbonyl (C=O) groups excluding carboxylic acids is 2. The number of rotatable bonds is 4. The number of carbonyl (C=O) groups is 2. The number of imidazole rings is 1. The first-order chi connectivity index (χ1) is 13.2. The van der Waals surface area contributed by atoms with Crippen LogP contribution in [-0.4, -0.2) is 21.4 Å². The minimum Gasteiger partial charge on any atom is -0.311 e. The summed E-state index contributed by atoms with van der Waals surface area (Å²) in [5.74, 6) is -2.45. The van der Waals surface area contributed by atoms with Crippen LogP contribution >= 0.6 is 0 Å². The predicted molar refractivity (Wildman–Crippen MR) is 95.9 cm³/mol. The second-order valence-corrected chi connectivity index (χ2v) is 6.27. The Kier molecular flexibility index (Phi) is 5.34. The van der Waals surface area contributed by atoms with Crippen LogP contribution in [0.3, 0.4) is 0 Å². The van der Waals surface area contributed by atoms with Crippen molar-refractivity contribution in [2.24, 2.45) is 0 Å². The highest BCUT2D eigenvalue weighted by atomic mass is 19.4. The van der Waals surface area contributed by atoms with Gasteiger partial charge in [0.15, 0.2) is 0 Å². The molecule has 6 nitrogen and oxygen atoms in total. The summed E-state index contributed by atoms with van der Waals surface area (Å²) >= 11 is 0. The highest BCUT2D eigenvalue weighted by molar-refractivity contribution is 5.84. The van der Waals surface area contributed by atoms with Crippen molar-refractivity contribution < 1.29 is 22.8 Å². The van der Waals surface area contributed by atoms with Crippen molar-refractivity contribution in [1.29, 1.82) is 0 Å². The molecule has 0 atom stereocenters. The van der Waals surface area contributed by atoms with Crippen molar-refractivity contribution in [3.8, 4) is 0 Å². The number of para-hydroxylation sites is 2. The number of amides is 2. The number of aromatic nitrogens is 2. The Hall–Kier alpha value is -3.36. The molecular weight excluding hydrogens is 373 g/mol. The maximum atomic E-state index is 13.2. The molecule has 0 aliphatic heterocycles. The molecule has 0 spiro atoms. The lowest BCUT2D eigenvalue weighted by molar-refractivity contribution is -0.147. The maximum Gasteiger partial charge on any atom is 0.449 e. The summed E-state index contributed by atoms with van der Waals surface area (Å²) in [6.45, 7) is 1.28. The van der Waals surface area contributed by atoms with E-state index in [1.807, 2.05) is 19.1 Å². The first kappa shape index (κ1) is 19.4. The zero-order chi connectivity index (χ0) is 20.3. The number of nitrogens with zero attached hydrogens (tertiary/aromatic N) is 2. The number of hydrogen-bond acceptors (Lipinski definition) is 3. The molecule has 2 N–H and O–H groups in total. The molecule has 0 bridgehead atoms. The van der Waals surface area contributed by atoms with Crippen LogP contribution in [0.25, 0.3) is 11.0 Å². The SMILES string of the molecule is Cc1ccc(CC(=O)NNC(=O)Cn2c(C(F)(F)F)nc3ccccc32)cc1. The van der Waals surface area contributed by atoms with E-state index in [1.54, 1.807) is 24.3 Å². The third-order valence-electron chi connectivity index (χ3n) is 4.04. The number of fused-ring (bicyclic) bond motifs is 1. The third kappa shape index (κ3) is 4.48. The fraction of sp³-hybridized carbons (Fsp3) is 0.211. The number of nitrogens with one attached hydrogen (secondary N) is 2. The summed E-state index contributed by atoms with van der Waals surface area (Å²) in [7, 11) is 0. The minimum absolute atomic E-state index is 0.0301. The van der Waals surface area contributed by atoms with Gasteiger partial charge in [0.1, 0.15) is 6.54 Å². The molecule has 146 valence electrons. The highest BCUT2D eigenvalue weighted by Gasteiger charge is 2.38. The molecule has 0 saturated heterocycles. The molecule has 0 radical (unpaired) electrons. The van der Waals surface area contributed by atoms with Gasteiger partial charge in [-0.05, 0) is 24.6 Å². The van der Waals surface area contributed by atoms with Gasteiger partial charge >= 0.3 is 6.18 Å². The van der Waals surface area contributed by atoms with Gasteiger partial charge in [0, 0.05) is 0 Å². The monoisotopic (exact) mass is 390 g/mol. The molecule has 3 rings (SSSR count). The second kappa shape index (κ2) is 7.71. The molecule has 0 saturated carbocycles. The van der Waals surface area contributed by atoms with Gasteiger partial charge in [-0.15, -0.1) is 0 Å². The quantitative estimate of drug-likeness (QED) is 0.673. The zero-order valence-corrected chi connectivity index (χ0v) is 14.9.